The molecule has 0 spiro atoms. The van der Waals surface area contributed by atoms with Crippen molar-refractivity contribution in [3.63, 3.8) is 0 Å². The third-order valence-corrected chi connectivity index (χ3v) is 4.19. The summed E-state index contributed by atoms with van der Waals surface area (Å²) in [5, 5.41) is 3.41. The van der Waals surface area contributed by atoms with E-state index >= 15 is 0 Å². The van der Waals surface area contributed by atoms with Gasteiger partial charge in [0.15, 0.2) is 9.84 Å². The van der Waals surface area contributed by atoms with Crippen molar-refractivity contribution in [2.45, 2.75) is 37.8 Å². The Morgan fingerprint density at radius 1 is 1.19 bits per heavy atom. The minimum Gasteiger partial charge on any atom is -0.306 e. The van der Waals surface area contributed by atoms with E-state index in [1.54, 1.807) is 30.6 Å². The fraction of sp³-hybridized carbons (Fsp3) is 0.400. The van der Waals surface area contributed by atoms with Gasteiger partial charge in [0, 0.05) is 30.2 Å². The lowest BCUT2D eigenvalue weighted by Crippen LogP contribution is -2.35. The lowest BCUT2D eigenvalue weighted by atomic mass is 10.1. The van der Waals surface area contributed by atoms with E-state index in [0.717, 1.165) is 11.4 Å². The number of rotatable bonds is 4. The number of nitrogens with one attached hydrogen (secondary N) is 1. The van der Waals surface area contributed by atoms with Gasteiger partial charge in [-0.3, -0.25) is 0 Å². The Balaban J connectivity index is 2.25. The monoisotopic (exact) mass is 307 g/mol. The molecule has 0 bridgehead atoms. The van der Waals surface area contributed by atoms with Gasteiger partial charge in [0.2, 0.25) is 0 Å². The summed E-state index contributed by atoms with van der Waals surface area (Å²) in [4.78, 5) is 4.50. The molecule has 0 fully saturated rings. The van der Waals surface area contributed by atoms with Crippen LogP contribution in [0.2, 0.25) is 0 Å². The van der Waals surface area contributed by atoms with Gasteiger partial charge in [0.05, 0.1) is 16.9 Å². The smallest absolute Gasteiger partial charge is 0.175 e. The highest BCUT2D eigenvalue weighted by Gasteiger charge is 2.12. The van der Waals surface area contributed by atoms with Gasteiger partial charge in [-0.1, -0.05) is 0 Å². The zero-order valence-electron chi connectivity index (χ0n) is 12.8. The highest BCUT2D eigenvalue weighted by molar-refractivity contribution is 7.90. The second-order valence-corrected chi connectivity index (χ2v) is 8.14. The molecular formula is C15H21N3O2S. The topological polar surface area (TPSA) is 64.0 Å². The molecule has 0 amide bonds. The van der Waals surface area contributed by atoms with Crippen molar-refractivity contribution in [2.24, 2.45) is 0 Å². The highest BCUT2D eigenvalue weighted by Crippen LogP contribution is 2.16. The van der Waals surface area contributed by atoms with Crippen molar-refractivity contribution in [3.8, 4) is 5.69 Å². The first-order valence-corrected chi connectivity index (χ1v) is 8.63. The fourth-order valence-electron chi connectivity index (χ4n) is 1.90. The quantitative estimate of drug-likeness (QED) is 0.940. The van der Waals surface area contributed by atoms with Crippen molar-refractivity contribution < 1.29 is 8.42 Å². The number of sulfone groups is 1. The number of aromatic nitrogens is 2. The van der Waals surface area contributed by atoms with Crippen LogP contribution < -0.4 is 5.32 Å². The summed E-state index contributed by atoms with van der Waals surface area (Å²) in [6, 6.07) is 6.81. The zero-order valence-corrected chi connectivity index (χ0v) is 13.6. The molecule has 0 atom stereocenters. The van der Waals surface area contributed by atoms with Crippen molar-refractivity contribution in [3.05, 3.63) is 42.5 Å². The first-order chi connectivity index (χ1) is 9.67. The van der Waals surface area contributed by atoms with Gasteiger partial charge in [0.1, 0.15) is 0 Å². The molecule has 21 heavy (non-hydrogen) atoms. The molecule has 0 aliphatic heterocycles. The highest BCUT2D eigenvalue weighted by atomic mass is 32.2. The Bertz CT molecular complexity index is 710. The van der Waals surface area contributed by atoms with Crippen LogP contribution in [0.3, 0.4) is 0 Å². The van der Waals surface area contributed by atoms with Crippen LogP contribution in [0.15, 0.2) is 41.7 Å². The second kappa shape index (κ2) is 5.61. The maximum Gasteiger partial charge on any atom is 0.175 e. The normalized spacial score (nSPS) is 12.6. The van der Waals surface area contributed by atoms with Gasteiger partial charge < -0.3 is 9.88 Å². The average Bonchev–Trinajstić information content (AvgIpc) is 2.83. The van der Waals surface area contributed by atoms with E-state index in [1.165, 1.54) is 6.26 Å². The minimum atomic E-state index is -3.17. The Morgan fingerprint density at radius 3 is 2.33 bits per heavy atom. The van der Waals surface area contributed by atoms with Crippen LogP contribution in [0, 0.1) is 0 Å². The molecule has 1 aromatic carbocycles. The van der Waals surface area contributed by atoms with Gasteiger partial charge in [-0.15, -0.1) is 0 Å². The molecule has 1 heterocycles. The summed E-state index contributed by atoms with van der Waals surface area (Å²) in [7, 11) is -3.17. The molecular weight excluding hydrogens is 286 g/mol. The molecule has 0 saturated heterocycles. The maximum atomic E-state index is 11.5. The van der Waals surface area contributed by atoms with Crippen LogP contribution in [-0.2, 0) is 16.4 Å². The molecule has 0 saturated carbocycles. The number of benzene rings is 1. The van der Waals surface area contributed by atoms with Crippen molar-refractivity contribution in [1.29, 1.82) is 0 Å². The fourth-order valence-corrected chi connectivity index (χ4v) is 2.53. The predicted molar refractivity (Wildman–Crippen MR) is 83.3 cm³/mol. The van der Waals surface area contributed by atoms with Gasteiger partial charge in [-0.05, 0) is 45.0 Å². The molecule has 0 aliphatic carbocycles. The molecule has 0 unspecified atom stereocenters. The van der Waals surface area contributed by atoms with E-state index in [4.69, 9.17) is 0 Å². The van der Waals surface area contributed by atoms with Gasteiger partial charge in [-0.2, -0.15) is 0 Å². The standard InChI is InChI=1S/C15H21N3O2S/c1-15(2,3)17-10-13-9-16-11-18(13)12-5-7-14(8-6-12)21(4,19)20/h5-9,11,17H,10H2,1-4H3. The molecule has 1 N–H and O–H groups in total. The Kier molecular flexibility index (Phi) is 4.20. The average molecular weight is 307 g/mol. The van der Waals surface area contributed by atoms with Crippen molar-refractivity contribution in [1.82, 2.24) is 14.9 Å². The lowest BCUT2D eigenvalue weighted by molar-refractivity contribution is 0.419. The van der Waals surface area contributed by atoms with Crippen LogP contribution >= 0.6 is 0 Å². The SMILES string of the molecule is CC(C)(C)NCc1cncn1-c1ccc(S(C)(=O)=O)cc1. The van der Waals surface area contributed by atoms with Crippen molar-refractivity contribution >= 4 is 9.84 Å². The largest absolute Gasteiger partial charge is 0.306 e. The summed E-state index contributed by atoms with van der Waals surface area (Å²) in [6.07, 6.45) is 4.75. The van der Waals surface area contributed by atoms with Crippen LogP contribution in [-0.4, -0.2) is 29.8 Å². The minimum absolute atomic E-state index is 0.0231. The van der Waals surface area contributed by atoms with E-state index in [2.05, 4.69) is 31.1 Å². The molecule has 6 heteroatoms. The maximum absolute atomic E-state index is 11.5. The van der Waals surface area contributed by atoms with E-state index in [9.17, 15) is 8.42 Å². The van der Waals surface area contributed by atoms with E-state index in [1.807, 2.05) is 10.8 Å². The molecule has 0 aliphatic rings. The first kappa shape index (κ1) is 15.7. The Labute approximate surface area is 125 Å². The molecule has 2 aromatic rings. The Hall–Kier alpha value is -1.66. The summed E-state index contributed by atoms with van der Waals surface area (Å²) < 4.78 is 24.9. The second-order valence-electron chi connectivity index (χ2n) is 6.12. The summed E-state index contributed by atoms with van der Waals surface area (Å²) in [6.45, 7) is 7.01. The van der Waals surface area contributed by atoms with Crippen molar-refractivity contribution in [2.75, 3.05) is 6.26 Å². The summed E-state index contributed by atoms with van der Waals surface area (Å²) in [5.41, 5.74) is 1.94. The first-order valence-electron chi connectivity index (χ1n) is 6.73. The van der Waals surface area contributed by atoms with Crippen LogP contribution in [0.25, 0.3) is 5.69 Å². The number of nitrogens with zero attached hydrogens (tertiary/aromatic N) is 2. The third-order valence-electron chi connectivity index (χ3n) is 3.06. The number of hydrogen-bond acceptors (Lipinski definition) is 4. The Morgan fingerprint density at radius 2 is 1.81 bits per heavy atom. The van der Waals surface area contributed by atoms with Crippen LogP contribution in [0.1, 0.15) is 26.5 Å². The zero-order chi connectivity index (χ0) is 15.7. The van der Waals surface area contributed by atoms with Gasteiger partial charge in [0.25, 0.3) is 0 Å². The molecule has 2 rings (SSSR count). The third kappa shape index (κ3) is 4.15. The molecule has 1 aromatic heterocycles. The summed E-state index contributed by atoms with van der Waals surface area (Å²) in [5.74, 6) is 0. The van der Waals surface area contributed by atoms with Gasteiger partial charge >= 0.3 is 0 Å². The van der Waals surface area contributed by atoms with Crippen LogP contribution in [0.4, 0.5) is 0 Å². The molecule has 114 valence electrons. The van der Waals surface area contributed by atoms with E-state index < -0.39 is 9.84 Å². The molecule has 5 nitrogen and oxygen atoms in total. The lowest BCUT2D eigenvalue weighted by Gasteiger charge is -2.21. The number of imidazole rings is 1. The van der Waals surface area contributed by atoms with Gasteiger partial charge in [-0.25, -0.2) is 13.4 Å². The summed E-state index contributed by atoms with van der Waals surface area (Å²) >= 11 is 0. The molecule has 0 radical (unpaired) electrons. The number of hydrogen-bond donors (Lipinski definition) is 1. The van der Waals surface area contributed by atoms with E-state index in [0.29, 0.717) is 11.4 Å². The van der Waals surface area contributed by atoms with Crippen LogP contribution in [0.5, 0.6) is 0 Å². The van der Waals surface area contributed by atoms with E-state index in [-0.39, 0.29) is 5.54 Å². The predicted octanol–water partition coefficient (Wildman–Crippen LogP) is 2.16.